The number of ether oxygens (including phenoxy) is 1. The molecule has 2 heterocycles. The number of benzene rings is 3. The second-order valence-corrected chi connectivity index (χ2v) is 8.71. The van der Waals surface area contributed by atoms with Crippen molar-refractivity contribution in [3.63, 3.8) is 0 Å². The SMILES string of the molecule is COc1ccccc1NC(=O)C1=C(C)Nc2c(C(=O)Nc3ccccc3)cnn2C1c1ccccc1[N+](=O)[O-]. The summed E-state index contributed by atoms with van der Waals surface area (Å²) < 4.78 is 6.78. The van der Waals surface area contributed by atoms with Crippen LogP contribution in [0.25, 0.3) is 0 Å². The first-order valence-corrected chi connectivity index (χ1v) is 12.0. The van der Waals surface area contributed by atoms with Crippen molar-refractivity contribution in [1.29, 1.82) is 0 Å². The zero-order valence-corrected chi connectivity index (χ0v) is 21.0. The van der Waals surface area contributed by atoms with Gasteiger partial charge in [0.15, 0.2) is 0 Å². The van der Waals surface area contributed by atoms with Crippen LogP contribution in [0, 0.1) is 10.1 Å². The number of nitro groups is 1. The molecule has 39 heavy (non-hydrogen) atoms. The van der Waals surface area contributed by atoms with Crippen molar-refractivity contribution >= 4 is 34.7 Å². The number of carbonyl (C=O) groups excluding carboxylic acids is 2. The Morgan fingerprint density at radius 1 is 0.974 bits per heavy atom. The standard InChI is InChI=1S/C28H24N6O5/c1-17-24(28(36)32-21-13-7-9-15-23(21)39-2)25(19-12-6-8-14-22(19)34(37)38)33-26(30-17)20(16-29-33)27(35)31-18-10-4-3-5-11-18/h3-16,25,30H,1-2H3,(H,31,35)(H,32,36). The smallest absolute Gasteiger partial charge is 0.275 e. The number of hydrogen-bond acceptors (Lipinski definition) is 7. The topological polar surface area (TPSA) is 140 Å². The number of nitrogens with zero attached hydrogens (tertiary/aromatic N) is 3. The number of nitrogens with one attached hydrogen (secondary N) is 3. The zero-order valence-electron chi connectivity index (χ0n) is 21.0. The first kappa shape index (κ1) is 25.2. The van der Waals surface area contributed by atoms with Gasteiger partial charge in [-0.2, -0.15) is 5.10 Å². The fourth-order valence-corrected chi connectivity index (χ4v) is 4.55. The lowest BCUT2D eigenvalue weighted by molar-refractivity contribution is -0.385. The predicted octanol–water partition coefficient (Wildman–Crippen LogP) is 4.98. The molecule has 0 saturated heterocycles. The van der Waals surface area contributed by atoms with Crippen molar-refractivity contribution < 1.29 is 19.2 Å². The van der Waals surface area contributed by atoms with E-state index in [0.717, 1.165) is 0 Å². The molecule has 11 heteroatoms. The number of anilines is 3. The second kappa shape index (κ2) is 10.5. The summed E-state index contributed by atoms with van der Waals surface area (Å²) in [5.41, 5.74) is 1.90. The molecule has 5 rings (SSSR count). The van der Waals surface area contributed by atoms with Gasteiger partial charge in [-0.3, -0.25) is 19.7 Å². The van der Waals surface area contributed by atoms with Gasteiger partial charge < -0.3 is 20.7 Å². The summed E-state index contributed by atoms with van der Waals surface area (Å²) in [5, 5.41) is 25.2. The van der Waals surface area contributed by atoms with Gasteiger partial charge in [-0.1, -0.05) is 42.5 Å². The Labute approximate surface area is 223 Å². The molecule has 0 bridgehead atoms. The first-order valence-electron chi connectivity index (χ1n) is 12.0. The van der Waals surface area contributed by atoms with Crippen LogP contribution in [-0.4, -0.2) is 33.6 Å². The van der Waals surface area contributed by atoms with Crippen LogP contribution in [0.2, 0.25) is 0 Å². The molecule has 1 aromatic heterocycles. The summed E-state index contributed by atoms with van der Waals surface area (Å²) in [5.74, 6) is -0.178. The van der Waals surface area contributed by atoms with Gasteiger partial charge in [0.1, 0.15) is 23.2 Å². The third-order valence-electron chi connectivity index (χ3n) is 6.33. The molecule has 0 radical (unpaired) electrons. The summed E-state index contributed by atoms with van der Waals surface area (Å²) in [6, 6.07) is 21.0. The highest BCUT2D eigenvalue weighted by Gasteiger charge is 2.38. The van der Waals surface area contributed by atoms with E-state index in [0.29, 0.717) is 28.6 Å². The third kappa shape index (κ3) is 4.80. The number of amides is 2. The van der Waals surface area contributed by atoms with Crippen LogP contribution in [0.4, 0.5) is 22.9 Å². The van der Waals surface area contributed by atoms with Gasteiger partial charge in [0, 0.05) is 17.5 Å². The van der Waals surface area contributed by atoms with Gasteiger partial charge in [-0.25, -0.2) is 4.68 Å². The molecule has 0 saturated carbocycles. The van der Waals surface area contributed by atoms with Crippen LogP contribution in [0.1, 0.15) is 28.9 Å². The van der Waals surface area contributed by atoms with Crippen molar-refractivity contribution in [3.05, 3.63) is 118 Å². The maximum absolute atomic E-state index is 13.7. The van der Waals surface area contributed by atoms with Crippen LogP contribution in [0.3, 0.4) is 0 Å². The van der Waals surface area contributed by atoms with E-state index in [1.54, 1.807) is 73.7 Å². The molecule has 196 valence electrons. The van der Waals surface area contributed by atoms with Gasteiger partial charge in [-0.05, 0) is 37.3 Å². The lowest BCUT2D eigenvalue weighted by Crippen LogP contribution is -2.32. The van der Waals surface area contributed by atoms with Crippen molar-refractivity contribution in [1.82, 2.24) is 9.78 Å². The highest BCUT2D eigenvalue weighted by molar-refractivity contribution is 6.10. The molecule has 4 aromatic rings. The van der Waals surface area contributed by atoms with E-state index >= 15 is 0 Å². The summed E-state index contributed by atoms with van der Waals surface area (Å²) >= 11 is 0. The molecule has 2 amide bonds. The maximum atomic E-state index is 13.7. The Morgan fingerprint density at radius 2 is 1.67 bits per heavy atom. The molecule has 1 aliphatic rings. The van der Waals surface area contributed by atoms with Crippen LogP contribution in [0.15, 0.2) is 96.3 Å². The molecule has 0 spiro atoms. The van der Waals surface area contributed by atoms with E-state index in [-0.39, 0.29) is 22.4 Å². The van der Waals surface area contributed by atoms with E-state index < -0.39 is 22.8 Å². The van der Waals surface area contributed by atoms with Gasteiger partial charge in [-0.15, -0.1) is 0 Å². The maximum Gasteiger partial charge on any atom is 0.275 e. The molecule has 1 unspecified atom stereocenters. The Balaban J connectivity index is 1.61. The molecular formula is C28H24N6O5. The van der Waals surface area contributed by atoms with E-state index in [9.17, 15) is 19.7 Å². The van der Waals surface area contributed by atoms with Crippen molar-refractivity contribution in [2.24, 2.45) is 0 Å². The van der Waals surface area contributed by atoms with Gasteiger partial charge in [0.25, 0.3) is 17.5 Å². The number of carbonyl (C=O) groups is 2. The number of nitro benzene ring substituents is 1. The number of rotatable bonds is 7. The molecule has 1 atom stereocenters. The lowest BCUT2D eigenvalue weighted by atomic mass is 9.93. The molecular weight excluding hydrogens is 500 g/mol. The molecule has 1 aliphatic heterocycles. The van der Waals surface area contributed by atoms with Crippen LogP contribution in [0.5, 0.6) is 5.75 Å². The summed E-state index contributed by atoms with van der Waals surface area (Å²) in [4.78, 5) is 38.4. The van der Waals surface area contributed by atoms with E-state index in [1.807, 2.05) is 6.07 Å². The Kier molecular flexibility index (Phi) is 6.79. The van der Waals surface area contributed by atoms with E-state index in [2.05, 4.69) is 21.0 Å². The average Bonchev–Trinajstić information content (AvgIpc) is 3.36. The number of aromatic nitrogens is 2. The van der Waals surface area contributed by atoms with Crippen LogP contribution >= 0.6 is 0 Å². The first-order chi connectivity index (χ1) is 18.9. The highest BCUT2D eigenvalue weighted by Crippen LogP contribution is 2.41. The van der Waals surface area contributed by atoms with E-state index in [1.165, 1.54) is 24.1 Å². The highest BCUT2D eigenvalue weighted by atomic mass is 16.6. The van der Waals surface area contributed by atoms with Crippen molar-refractivity contribution in [3.8, 4) is 5.75 Å². The van der Waals surface area contributed by atoms with Gasteiger partial charge in [0.2, 0.25) is 0 Å². The minimum atomic E-state index is -1.00. The Hall–Kier alpha value is -5.45. The predicted molar refractivity (Wildman–Crippen MR) is 146 cm³/mol. The Bertz CT molecular complexity index is 1610. The molecule has 3 aromatic carbocycles. The van der Waals surface area contributed by atoms with Crippen LogP contribution in [-0.2, 0) is 4.79 Å². The fraction of sp³-hybridized carbons (Fsp3) is 0.107. The lowest BCUT2D eigenvalue weighted by Gasteiger charge is -2.30. The molecule has 0 aliphatic carbocycles. The number of fused-ring (bicyclic) bond motifs is 1. The van der Waals surface area contributed by atoms with Crippen molar-refractivity contribution in [2.75, 3.05) is 23.1 Å². The number of hydrogen-bond donors (Lipinski definition) is 3. The van der Waals surface area contributed by atoms with Crippen LogP contribution < -0.4 is 20.7 Å². The quantitative estimate of drug-likeness (QED) is 0.229. The molecule has 3 N–H and O–H groups in total. The summed E-state index contributed by atoms with van der Waals surface area (Å²) in [6.07, 6.45) is 1.37. The second-order valence-electron chi connectivity index (χ2n) is 8.71. The number of para-hydroxylation sites is 4. The minimum Gasteiger partial charge on any atom is -0.495 e. The number of allylic oxidation sites excluding steroid dienone is 1. The van der Waals surface area contributed by atoms with Gasteiger partial charge >= 0.3 is 0 Å². The molecule has 0 fully saturated rings. The average molecular weight is 525 g/mol. The summed E-state index contributed by atoms with van der Waals surface area (Å²) in [7, 11) is 1.49. The number of methoxy groups -OCH3 is 1. The minimum absolute atomic E-state index is 0.184. The largest absolute Gasteiger partial charge is 0.495 e. The van der Waals surface area contributed by atoms with E-state index in [4.69, 9.17) is 4.74 Å². The third-order valence-corrected chi connectivity index (χ3v) is 6.33. The Morgan fingerprint density at radius 3 is 2.41 bits per heavy atom. The fourth-order valence-electron chi connectivity index (χ4n) is 4.55. The zero-order chi connectivity index (χ0) is 27.5. The van der Waals surface area contributed by atoms with Crippen molar-refractivity contribution in [2.45, 2.75) is 13.0 Å². The molecule has 11 nitrogen and oxygen atoms in total. The van der Waals surface area contributed by atoms with Gasteiger partial charge in [0.05, 0.1) is 35.1 Å². The summed E-state index contributed by atoms with van der Waals surface area (Å²) in [6.45, 7) is 1.67. The monoisotopic (exact) mass is 524 g/mol. The normalized spacial score (nSPS) is 14.2.